The van der Waals surface area contributed by atoms with Crippen LogP contribution in [0.5, 0.6) is 5.75 Å². The smallest absolute Gasteiger partial charge is 0.322 e. The van der Waals surface area contributed by atoms with Crippen LogP contribution in [0.25, 0.3) is 0 Å². The standard InChI is InChI=1S/C20H25N5O2/c1-20(2,3)13-25-18-15(10-22-17(9-21)23-18)12-24(19(25)26)11-14-5-7-16(27-4)8-6-14/h5-8,10,15,18H,11-13H2,1-4H3. The average molecular weight is 367 g/mol. The van der Waals surface area contributed by atoms with Crippen molar-refractivity contribution in [3.05, 3.63) is 29.8 Å². The minimum Gasteiger partial charge on any atom is -0.497 e. The van der Waals surface area contributed by atoms with Crippen molar-refractivity contribution in [1.29, 1.82) is 5.26 Å². The van der Waals surface area contributed by atoms with Gasteiger partial charge in [0.1, 0.15) is 18.0 Å². The zero-order valence-electron chi connectivity index (χ0n) is 16.2. The van der Waals surface area contributed by atoms with E-state index < -0.39 is 0 Å². The fraction of sp³-hybridized carbons (Fsp3) is 0.500. The van der Waals surface area contributed by atoms with Crippen LogP contribution in [0.4, 0.5) is 4.79 Å². The monoisotopic (exact) mass is 367 g/mol. The Hall–Kier alpha value is -2.88. The number of fused-ring (bicyclic) bond motifs is 1. The molecule has 27 heavy (non-hydrogen) atoms. The highest BCUT2D eigenvalue weighted by Crippen LogP contribution is 2.29. The Kier molecular flexibility index (Phi) is 5.17. The van der Waals surface area contributed by atoms with E-state index >= 15 is 0 Å². The Bertz CT molecular complexity index is 801. The summed E-state index contributed by atoms with van der Waals surface area (Å²) < 4.78 is 5.20. The number of methoxy groups -OCH3 is 1. The lowest BCUT2D eigenvalue weighted by Crippen LogP contribution is -2.60. The third-order valence-corrected chi connectivity index (χ3v) is 4.57. The van der Waals surface area contributed by atoms with Crippen LogP contribution in [0, 0.1) is 22.7 Å². The highest BCUT2D eigenvalue weighted by molar-refractivity contribution is 6.03. The lowest BCUT2D eigenvalue weighted by Gasteiger charge is -2.46. The lowest BCUT2D eigenvalue weighted by atomic mass is 9.93. The Labute approximate surface area is 160 Å². The van der Waals surface area contributed by atoms with Crippen molar-refractivity contribution in [2.75, 3.05) is 20.2 Å². The molecule has 2 unspecified atom stereocenters. The van der Waals surface area contributed by atoms with E-state index in [1.54, 1.807) is 18.2 Å². The summed E-state index contributed by atoms with van der Waals surface area (Å²) in [7, 11) is 1.63. The van der Waals surface area contributed by atoms with Gasteiger partial charge in [-0.15, -0.1) is 0 Å². The molecule has 1 saturated heterocycles. The molecule has 1 aromatic carbocycles. The number of carbonyl (C=O) groups is 1. The number of amidine groups is 1. The summed E-state index contributed by atoms with van der Waals surface area (Å²) in [6.45, 7) is 7.86. The maximum atomic E-state index is 13.2. The van der Waals surface area contributed by atoms with Gasteiger partial charge in [0.15, 0.2) is 0 Å². The van der Waals surface area contributed by atoms with E-state index in [-0.39, 0.29) is 29.4 Å². The molecule has 0 radical (unpaired) electrons. The lowest BCUT2D eigenvalue weighted by molar-refractivity contribution is 0.0633. The summed E-state index contributed by atoms with van der Waals surface area (Å²) in [5.74, 6) is 0.892. The second-order valence-electron chi connectivity index (χ2n) is 8.12. The summed E-state index contributed by atoms with van der Waals surface area (Å²) >= 11 is 0. The highest BCUT2D eigenvalue weighted by Gasteiger charge is 2.42. The molecule has 0 spiro atoms. The highest BCUT2D eigenvalue weighted by atomic mass is 16.5. The van der Waals surface area contributed by atoms with Gasteiger partial charge in [-0.05, 0) is 23.1 Å². The van der Waals surface area contributed by atoms with E-state index in [4.69, 9.17) is 10.00 Å². The number of rotatable bonds is 4. The molecule has 0 aromatic heterocycles. The molecule has 2 atom stereocenters. The van der Waals surface area contributed by atoms with Crippen molar-refractivity contribution in [2.24, 2.45) is 21.3 Å². The minimum absolute atomic E-state index is 0.0274. The molecule has 2 heterocycles. The maximum absolute atomic E-state index is 13.2. The van der Waals surface area contributed by atoms with Gasteiger partial charge in [-0.3, -0.25) is 0 Å². The number of benzene rings is 1. The van der Waals surface area contributed by atoms with E-state index in [0.717, 1.165) is 11.3 Å². The van der Waals surface area contributed by atoms with Crippen molar-refractivity contribution in [1.82, 2.24) is 9.80 Å². The van der Waals surface area contributed by atoms with Gasteiger partial charge in [-0.2, -0.15) is 5.26 Å². The first-order valence-corrected chi connectivity index (χ1v) is 9.01. The molecule has 0 saturated carbocycles. The van der Waals surface area contributed by atoms with Gasteiger partial charge in [-0.1, -0.05) is 32.9 Å². The normalized spacial score (nSPS) is 22.2. The predicted molar refractivity (Wildman–Crippen MR) is 104 cm³/mol. The SMILES string of the molecule is COc1ccc(CN2CC3C=NC(C#N)=NC3N(CC(C)(C)C)C2=O)cc1. The fourth-order valence-electron chi connectivity index (χ4n) is 3.38. The van der Waals surface area contributed by atoms with E-state index in [2.05, 4.69) is 30.8 Å². The fourth-order valence-corrected chi connectivity index (χ4v) is 3.38. The Morgan fingerprint density at radius 2 is 2.00 bits per heavy atom. The number of urea groups is 1. The summed E-state index contributed by atoms with van der Waals surface area (Å²) in [6.07, 6.45) is 1.40. The Balaban J connectivity index is 1.85. The molecule has 142 valence electrons. The van der Waals surface area contributed by atoms with Gasteiger partial charge in [0.2, 0.25) is 5.84 Å². The first-order valence-electron chi connectivity index (χ1n) is 9.01. The molecule has 2 aliphatic heterocycles. The number of hydrogen-bond acceptors (Lipinski definition) is 5. The molecule has 0 aliphatic carbocycles. The number of amides is 2. The molecule has 2 aliphatic rings. The van der Waals surface area contributed by atoms with Gasteiger partial charge in [-0.25, -0.2) is 14.8 Å². The van der Waals surface area contributed by atoms with Crippen LogP contribution in [0.2, 0.25) is 0 Å². The molecule has 7 heteroatoms. The van der Waals surface area contributed by atoms with Crippen molar-refractivity contribution >= 4 is 18.1 Å². The number of carbonyl (C=O) groups excluding carboxylic acids is 1. The Morgan fingerprint density at radius 1 is 1.30 bits per heavy atom. The predicted octanol–water partition coefficient (Wildman–Crippen LogP) is 2.93. The molecule has 0 N–H and O–H groups in total. The third-order valence-electron chi connectivity index (χ3n) is 4.57. The summed E-state index contributed by atoms with van der Waals surface area (Å²) in [4.78, 5) is 25.4. The molecular weight excluding hydrogens is 342 g/mol. The number of nitrogens with zero attached hydrogens (tertiary/aromatic N) is 5. The first-order chi connectivity index (χ1) is 12.8. The minimum atomic E-state index is -0.365. The van der Waals surface area contributed by atoms with Gasteiger partial charge in [0.05, 0.1) is 13.0 Å². The maximum Gasteiger partial charge on any atom is 0.322 e. The van der Waals surface area contributed by atoms with Gasteiger partial charge >= 0.3 is 6.03 Å². The third kappa shape index (κ3) is 4.27. The van der Waals surface area contributed by atoms with Crippen LogP contribution in [0.3, 0.4) is 0 Å². The van der Waals surface area contributed by atoms with Crippen LogP contribution < -0.4 is 4.74 Å². The summed E-state index contributed by atoms with van der Waals surface area (Å²) in [6, 6.07) is 9.65. The van der Waals surface area contributed by atoms with Crippen LogP contribution in [0.15, 0.2) is 34.3 Å². The van der Waals surface area contributed by atoms with E-state index in [9.17, 15) is 4.79 Å². The number of ether oxygens (including phenoxy) is 1. The molecule has 7 nitrogen and oxygen atoms in total. The quantitative estimate of drug-likeness (QED) is 0.820. The summed E-state index contributed by atoms with van der Waals surface area (Å²) in [5.41, 5.74) is 0.951. The van der Waals surface area contributed by atoms with Gasteiger partial charge < -0.3 is 14.5 Å². The van der Waals surface area contributed by atoms with Crippen LogP contribution >= 0.6 is 0 Å². The number of aliphatic imine (C=N–C) groups is 2. The zero-order chi connectivity index (χ0) is 19.6. The van der Waals surface area contributed by atoms with Crippen LogP contribution in [-0.2, 0) is 6.54 Å². The molecular formula is C20H25N5O2. The molecule has 2 amide bonds. The van der Waals surface area contributed by atoms with Gasteiger partial charge in [0, 0.05) is 25.8 Å². The number of hydrogen-bond donors (Lipinski definition) is 0. The second-order valence-corrected chi connectivity index (χ2v) is 8.12. The number of nitriles is 1. The Morgan fingerprint density at radius 3 is 2.59 bits per heavy atom. The van der Waals surface area contributed by atoms with Crippen molar-refractivity contribution in [3.63, 3.8) is 0 Å². The topological polar surface area (TPSA) is 81.3 Å². The zero-order valence-corrected chi connectivity index (χ0v) is 16.2. The average Bonchev–Trinajstić information content (AvgIpc) is 2.64. The first kappa shape index (κ1) is 18.9. The van der Waals surface area contributed by atoms with E-state index in [0.29, 0.717) is 19.6 Å². The molecule has 0 bridgehead atoms. The van der Waals surface area contributed by atoms with Crippen LogP contribution in [0.1, 0.15) is 26.3 Å². The van der Waals surface area contributed by atoms with Gasteiger partial charge in [0.25, 0.3) is 0 Å². The summed E-state index contributed by atoms with van der Waals surface area (Å²) in [5, 5.41) is 9.14. The van der Waals surface area contributed by atoms with Crippen molar-refractivity contribution in [3.8, 4) is 11.8 Å². The van der Waals surface area contributed by atoms with Crippen molar-refractivity contribution < 1.29 is 9.53 Å². The van der Waals surface area contributed by atoms with Crippen LogP contribution in [-0.4, -0.2) is 54.2 Å². The molecule has 1 fully saturated rings. The van der Waals surface area contributed by atoms with Crippen molar-refractivity contribution in [2.45, 2.75) is 33.5 Å². The van der Waals surface area contributed by atoms with E-state index in [1.165, 1.54) is 0 Å². The largest absolute Gasteiger partial charge is 0.497 e. The van der Waals surface area contributed by atoms with E-state index in [1.807, 2.05) is 35.2 Å². The molecule has 3 rings (SSSR count). The second kappa shape index (κ2) is 7.39. The molecule has 1 aromatic rings.